The Hall–Kier alpha value is -4.08. The first-order chi connectivity index (χ1) is 15.6. The van der Waals surface area contributed by atoms with Gasteiger partial charge in [0, 0.05) is 18.7 Å². The number of halogens is 4. The minimum Gasteiger partial charge on any atom is -0.508 e. The SMILES string of the molecule is CCN1C(=O)N(c2cc(O)cc(F)c2)C(=O)N(c2ccccc2)c2cc(C(F)(F)F)ccc21. The number of phenolic OH excluding ortho intramolecular Hbond substituents is 1. The molecule has 3 aromatic carbocycles. The molecule has 4 amide bonds. The van der Waals surface area contributed by atoms with E-state index in [0.29, 0.717) is 4.90 Å². The van der Waals surface area contributed by atoms with Gasteiger partial charge in [0.15, 0.2) is 0 Å². The number of rotatable bonds is 3. The van der Waals surface area contributed by atoms with Crippen LogP contribution in [0.5, 0.6) is 5.75 Å². The molecule has 10 heteroatoms. The van der Waals surface area contributed by atoms with E-state index < -0.39 is 35.4 Å². The zero-order valence-corrected chi connectivity index (χ0v) is 17.2. The van der Waals surface area contributed by atoms with Crippen LogP contribution in [0, 0.1) is 5.82 Å². The van der Waals surface area contributed by atoms with Crippen molar-refractivity contribution < 1.29 is 32.3 Å². The molecule has 0 aliphatic carbocycles. The standard InChI is InChI=1S/C23H17F4N3O3/c1-2-28-19-9-8-14(23(25,26)27)10-20(19)29(16-6-4-3-5-7-16)22(33)30(21(28)32)17-11-15(24)12-18(31)13-17/h3-13,31H,2H2,1H3. The number of alkyl halides is 3. The molecular formula is C23H17F4N3O3. The van der Waals surface area contributed by atoms with Gasteiger partial charge in [-0.1, -0.05) is 18.2 Å². The number of benzene rings is 3. The fourth-order valence-corrected chi connectivity index (χ4v) is 3.66. The summed E-state index contributed by atoms with van der Waals surface area (Å²) < 4.78 is 54.5. The molecule has 4 rings (SSSR count). The second-order valence-corrected chi connectivity index (χ2v) is 7.18. The average molecular weight is 459 g/mol. The minimum atomic E-state index is -4.69. The molecule has 6 nitrogen and oxygen atoms in total. The molecule has 1 N–H and O–H groups in total. The average Bonchev–Trinajstić information content (AvgIpc) is 2.83. The zero-order chi connectivity index (χ0) is 23.9. The fraction of sp³-hybridized carbons (Fsp3) is 0.130. The van der Waals surface area contributed by atoms with Gasteiger partial charge in [-0.25, -0.2) is 18.9 Å². The largest absolute Gasteiger partial charge is 0.508 e. The van der Waals surface area contributed by atoms with Crippen LogP contribution in [-0.4, -0.2) is 23.7 Å². The summed E-state index contributed by atoms with van der Waals surface area (Å²) in [5.41, 5.74) is -1.18. The molecule has 170 valence electrons. The lowest BCUT2D eigenvalue weighted by atomic mass is 10.1. The van der Waals surface area contributed by atoms with Gasteiger partial charge in [0.25, 0.3) is 0 Å². The first kappa shape index (κ1) is 22.1. The Morgan fingerprint density at radius 1 is 0.818 bits per heavy atom. The minimum absolute atomic E-state index is 0.00487. The van der Waals surface area contributed by atoms with E-state index in [9.17, 15) is 32.3 Å². The third kappa shape index (κ3) is 3.95. The third-order valence-electron chi connectivity index (χ3n) is 5.10. The lowest BCUT2D eigenvalue weighted by Gasteiger charge is -2.27. The maximum atomic E-state index is 14.0. The van der Waals surface area contributed by atoms with Crippen LogP contribution in [0.25, 0.3) is 0 Å². The van der Waals surface area contributed by atoms with Crippen molar-refractivity contribution in [1.82, 2.24) is 0 Å². The molecule has 0 bridgehead atoms. The van der Waals surface area contributed by atoms with E-state index in [0.717, 1.165) is 46.2 Å². The lowest BCUT2D eigenvalue weighted by Crippen LogP contribution is -2.48. The van der Waals surface area contributed by atoms with Gasteiger partial charge in [0.05, 0.1) is 28.3 Å². The summed E-state index contributed by atoms with van der Waals surface area (Å²) >= 11 is 0. The van der Waals surface area contributed by atoms with Gasteiger partial charge in [0.1, 0.15) is 11.6 Å². The van der Waals surface area contributed by atoms with Crippen molar-refractivity contribution in [1.29, 1.82) is 0 Å². The number of phenols is 1. The Labute approximate surface area is 185 Å². The van der Waals surface area contributed by atoms with E-state index in [1.165, 1.54) is 12.1 Å². The van der Waals surface area contributed by atoms with Crippen molar-refractivity contribution in [3.05, 3.63) is 78.1 Å². The summed E-state index contributed by atoms with van der Waals surface area (Å²) in [6, 6.07) is 11.3. The van der Waals surface area contributed by atoms with Gasteiger partial charge in [-0.2, -0.15) is 13.2 Å². The molecule has 0 saturated heterocycles. The summed E-state index contributed by atoms with van der Waals surface area (Å²) in [6.07, 6.45) is -4.69. The molecule has 1 aliphatic rings. The fourth-order valence-electron chi connectivity index (χ4n) is 3.66. The number of hydrogen-bond donors (Lipinski definition) is 1. The summed E-state index contributed by atoms with van der Waals surface area (Å²) in [5.74, 6) is -1.43. The molecule has 0 aromatic heterocycles. The van der Waals surface area contributed by atoms with Gasteiger partial charge in [-0.05, 0) is 43.3 Å². The summed E-state index contributed by atoms with van der Waals surface area (Å²) in [7, 11) is 0. The molecule has 3 aromatic rings. The third-order valence-corrected chi connectivity index (χ3v) is 5.10. The molecule has 33 heavy (non-hydrogen) atoms. The molecular weight excluding hydrogens is 442 g/mol. The van der Waals surface area contributed by atoms with Crippen molar-refractivity contribution in [2.45, 2.75) is 13.1 Å². The second kappa shape index (κ2) is 8.12. The summed E-state index contributed by atoms with van der Waals surface area (Å²) in [5, 5.41) is 9.83. The van der Waals surface area contributed by atoms with Crippen LogP contribution in [0.15, 0.2) is 66.7 Å². The number of urea groups is 2. The molecule has 0 saturated carbocycles. The van der Waals surface area contributed by atoms with Gasteiger partial charge >= 0.3 is 18.2 Å². The maximum Gasteiger partial charge on any atom is 0.416 e. The number of para-hydroxylation sites is 1. The first-order valence-corrected chi connectivity index (χ1v) is 9.83. The predicted octanol–water partition coefficient (Wildman–Crippen LogP) is 6.27. The van der Waals surface area contributed by atoms with Crippen molar-refractivity contribution in [2.24, 2.45) is 0 Å². The molecule has 0 atom stereocenters. The number of carbonyl (C=O) groups excluding carboxylic acids is 2. The van der Waals surface area contributed by atoms with Crippen LogP contribution >= 0.6 is 0 Å². The number of carbonyl (C=O) groups is 2. The Kier molecular flexibility index (Phi) is 5.44. The number of hydrogen-bond acceptors (Lipinski definition) is 3. The molecule has 0 unspecified atom stereocenters. The summed E-state index contributed by atoms with van der Waals surface area (Å²) in [4.78, 5) is 29.8. The van der Waals surface area contributed by atoms with Gasteiger partial charge in [-0.15, -0.1) is 0 Å². The van der Waals surface area contributed by atoms with E-state index in [2.05, 4.69) is 0 Å². The second-order valence-electron chi connectivity index (χ2n) is 7.18. The highest BCUT2D eigenvalue weighted by molar-refractivity contribution is 6.28. The Bertz CT molecular complexity index is 1210. The molecule has 0 radical (unpaired) electrons. The number of nitrogens with zero attached hydrogens (tertiary/aromatic N) is 3. The van der Waals surface area contributed by atoms with Crippen LogP contribution in [0.3, 0.4) is 0 Å². The smallest absolute Gasteiger partial charge is 0.416 e. The van der Waals surface area contributed by atoms with Crippen LogP contribution in [0.1, 0.15) is 12.5 Å². The van der Waals surface area contributed by atoms with Crippen molar-refractivity contribution in [3.8, 4) is 5.75 Å². The number of amides is 4. The zero-order valence-electron chi connectivity index (χ0n) is 17.2. The quantitative estimate of drug-likeness (QED) is 0.469. The van der Waals surface area contributed by atoms with E-state index in [1.54, 1.807) is 25.1 Å². The van der Waals surface area contributed by atoms with Crippen LogP contribution < -0.4 is 14.7 Å². The van der Waals surface area contributed by atoms with E-state index in [-0.39, 0.29) is 29.3 Å². The highest BCUT2D eigenvalue weighted by Crippen LogP contribution is 2.43. The Morgan fingerprint density at radius 3 is 2.12 bits per heavy atom. The molecule has 1 heterocycles. The number of fused-ring (bicyclic) bond motifs is 1. The summed E-state index contributed by atoms with van der Waals surface area (Å²) in [6.45, 7) is 1.59. The van der Waals surface area contributed by atoms with Crippen LogP contribution in [-0.2, 0) is 6.18 Å². The maximum absolute atomic E-state index is 14.0. The predicted molar refractivity (Wildman–Crippen MR) is 114 cm³/mol. The first-order valence-electron chi connectivity index (χ1n) is 9.83. The van der Waals surface area contributed by atoms with Crippen LogP contribution in [0.4, 0.5) is 49.9 Å². The van der Waals surface area contributed by atoms with Gasteiger partial charge in [-0.3, -0.25) is 9.80 Å². The number of imide groups is 1. The number of anilines is 4. The van der Waals surface area contributed by atoms with E-state index in [1.807, 2.05) is 0 Å². The van der Waals surface area contributed by atoms with Gasteiger partial charge < -0.3 is 5.11 Å². The highest BCUT2D eigenvalue weighted by Gasteiger charge is 2.41. The normalized spacial score (nSPS) is 14.4. The monoisotopic (exact) mass is 459 g/mol. The highest BCUT2D eigenvalue weighted by atomic mass is 19.4. The van der Waals surface area contributed by atoms with E-state index in [4.69, 9.17) is 0 Å². The Balaban J connectivity index is 2.01. The van der Waals surface area contributed by atoms with E-state index >= 15 is 0 Å². The molecule has 1 aliphatic heterocycles. The van der Waals surface area contributed by atoms with Crippen molar-refractivity contribution >= 4 is 34.8 Å². The topological polar surface area (TPSA) is 64.1 Å². The van der Waals surface area contributed by atoms with Crippen LogP contribution in [0.2, 0.25) is 0 Å². The molecule has 0 spiro atoms. The molecule has 0 fully saturated rings. The van der Waals surface area contributed by atoms with Gasteiger partial charge in [0.2, 0.25) is 0 Å². The number of aromatic hydroxyl groups is 1. The Morgan fingerprint density at radius 2 is 1.52 bits per heavy atom. The van der Waals surface area contributed by atoms with Crippen molar-refractivity contribution in [3.63, 3.8) is 0 Å². The lowest BCUT2D eigenvalue weighted by molar-refractivity contribution is -0.137. The van der Waals surface area contributed by atoms with Crippen molar-refractivity contribution in [2.75, 3.05) is 21.2 Å².